The minimum atomic E-state index is 0.0381. The number of ether oxygens (including phenoxy) is 1. The minimum absolute atomic E-state index is 0.0381. The molecule has 3 heteroatoms. The molecule has 0 spiro atoms. The first kappa shape index (κ1) is 12.5. The molecule has 94 valence electrons. The molecule has 3 nitrogen and oxygen atoms in total. The molecule has 1 aliphatic rings. The number of aryl methyl sites for hydroxylation is 1. The summed E-state index contributed by atoms with van der Waals surface area (Å²) in [7, 11) is 1.75. The van der Waals surface area contributed by atoms with E-state index in [1.54, 1.807) is 7.11 Å². The van der Waals surface area contributed by atoms with Crippen molar-refractivity contribution in [3.8, 4) is 0 Å². The molecular weight excluding hydrogens is 212 g/mol. The van der Waals surface area contributed by atoms with Gasteiger partial charge in [0, 0.05) is 31.0 Å². The summed E-state index contributed by atoms with van der Waals surface area (Å²) < 4.78 is 5.55. The number of nitrogens with zero attached hydrogens (tertiary/aromatic N) is 1. The standard InChI is InChI=1S/C14H22N2O/c1-9(2)14(17-3)12(15)11-7-6-10-5-4-8-16-13(10)11/h4-5,8-9,11-12,14H,6-7,15H2,1-3H3. The van der Waals surface area contributed by atoms with E-state index in [9.17, 15) is 0 Å². The van der Waals surface area contributed by atoms with Gasteiger partial charge in [-0.25, -0.2) is 0 Å². The maximum Gasteiger partial charge on any atom is 0.0751 e. The van der Waals surface area contributed by atoms with Crippen molar-refractivity contribution in [2.75, 3.05) is 7.11 Å². The van der Waals surface area contributed by atoms with E-state index in [0.29, 0.717) is 11.8 Å². The number of methoxy groups -OCH3 is 1. The van der Waals surface area contributed by atoms with Crippen molar-refractivity contribution in [1.82, 2.24) is 4.98 Å². The highest BCUT2D eigenvalue weighted by atomic mass is 16.5. The van der Waals surface area contributed by atoms with Gasteiger partial charge in [0.2, 0.25) is 0 Å². The normalized spacial score (nSPS) is 22.5. The fraction of sp³-hybridized carbons (Fsp3) is 0.643. The Balaban J connectivity index is 2.19. The van der Waals surface area contributed by atoms with E-state index in [-0.39, 0.29) is 12.1 Å². The van der Waals surface area contributed by atoms with E-state index >= 15 is 0 Å². The quantitative estimate of drug-likeness (QED) is 0.868. The molecule has 0 aromatic carbocycles. The van der Waals surface area contributed by atoms with Gasteiger partial charge in [0.15, 0.2) is 0 Å². The predicted octanol–water partition coefficient (Wildman–Crippen LogP) is 2.11. The number of pyridine rings is 1. The Morgan fingerprint density at radius 2 is 2.24 bits per heavy atom. The van der Waals surface area contributed by atoms with E-state index in [2.05, 4.69) is 24.9 Å². The van der Waals surface area contributed by atoms with Crippen molar-refractivity contribution >= 4 is 0 Å². The molecule has 3 atom stereocenters. The van der Waals surface area contributed by atoms with E-state index in [4.69, 9.17) is 10.5 Å². The molecule has 0 aliphatic heterocycles. The zero-order valence-corrected chi connectivity index (χ0v) is 10.9. The molecule has 0 saturated heterocycles. The largest absolute Gasteiger partial charge is 0.380 e. The van der Waals surface area contributed by atoms with Crippen LogP contribution in [-0.4, -0.2) is 24.2 Å². The average Bonchev–Trinajstić information content (AvgIpc) is 2.72. The molecule has 0 saturated carbocycles. The highest BCUT2D eigenvalue weighted by Crippen LogP contribution is 2.35. The summed E-state index contributed by atoms with van der Waals surface area (Å²) in [5.74, 6) is 0.779. The van der Waals surface area contributed by atoms with E-state index in [1.165, 1.54) is 11.3 Å². The van der Waals surface area contributed by atoms with Crippen LogP contribution < -0.4 is 5.73 Å². The second-order valence-electron chi connectivity index (χ2n) is 5.21. The molecule has 2 rings (SSSR count). The summed E-state index contributed by atoms with van der Waals surface area (Å²) in [4.78, 5) is 4.50. The fourth-order valence-electron chi connectivity index (χ4n) is 2.92. The molecule has 3 unspecified atom stereocenters. The number of aromatic nitrogens is 1. The number of rotatable bonds is 4. The predicted molar refractivity (Wildman–Crippen MR) is 68.9 cm³/mol. The summed E-state index contributed by atoms with van der Waals surface area (Å²) >= 11 is 0. The topological polar surface area (TPSA) is 48.1 Å². The van der Waals surface area contributed by atoms with Crippen molar-refractivity contribution in [2.24, 2.45) is 11.7 Å². The van der Waals surface area contributed by atoms with Gasteiger partial charge in [-0.1, -0.05) is 19.9 Å². The first-order valence-electron chi connectivity index (χ1n) is 6.37. The molecule has 1 aromatic heterocycles. The van der Waals surface area contributed by atoms with Crippen LogP contribution in [0.1, 0.15) is 37.4 Å². The fourth-order valence-corrected chi connectivity index (χ4v) is 2.92. The monoisotopic (exact) mass is 234 g/mol. The summed E-state index contributed by atoms with van der Waals surface area (Å²) in [6.07, 6.45) is 4.16. The Morgan fingerprint density at radius 1 is 1.47 bits per heavy atom. The molecule has 17 heavy (non-hydrogen) atoms. The van der Waals surface area contributed by atoms with Gasteiger partial charge in [0.05, 0.1) is 6.10 Å². The highest BCUT2D eigenvalue weighted by Gasteiger charge is 2.34. The summed E-state index contributed by atoms with van der Waals surface area (Å²) in [5, 5.41) is 0. The lowest BCUT2D eigenvalue weighted by Gasteiger charge is -2.30. The van der Waals surface area contributed by atoms with Gasteiger partial charge in [-0.2, -0.15) is 0 Å². The maximum absolute atomic E-state index is 6.38. The Labute approximate surface area is 103 Å². The zero-order chi connectivity index (χ0) is 12.4. The number of nitrogens with two attached hydrogens (primary N) is 1. The third-order valence-electron chi connectivity index (χ3n) is 3.78. The van der Waals surface area contributed by atoms with Gasteiger partial charge in [-0.3, -0.25) is 4.98 Å². The Hall–Kier alpha value is -0.930. The van der Waals surface area contributed by atoms with Crippen LogP contribution in [0.25, 0.3) is 0 Å². The highest BCUT2D eigenvalue weighted by molar-refractivity contribution is 5.30. The van der Waals surface area contributed by atoms with Crippen LogP contribution in [0.15, 0.2) is 18.3 Å². The van der Waals surface area contributed by atoms with Crippen molar-refractivity contribution in [3.63, 3.8) is 0 Å². The van der Waals surface area contributed by atoms with Crippen LogP contribution in [-0.2, 0) is 11.2 Å². The van der Waals surface area contributed by atoms with Crippen molar-refractivity contribution in [1.29, 1.82) is 0 Å². The lowest BCUT2D eigenvalue weighted by Crippen LogP contribution is -2.43. The number of fused-ring (bicyclic) bond motifs is 1. The van der Waals surface area contributed by atoms with E-state index in [0.717, 1.165) is 12.8 Å². The van der Waals surface area contributed by atoms with Crippen LogP contribution in [0.2, 0.25) is 0 Å². The SMILES string of the molecule is COC(C(C)C)C(N)C1CCc2cccnc21. The second kappa shape index (κ2) is 5.15. The lowest BCUT2D eigenvalue weighted by molar-refractivity contribution is 0.0364. The maximum atomic E-state index is 6.38. The van der Waals surface area contributed by atoms with Crippen LogP contribution in [0, 0.1) is 5.92 Å². The summed E-state index contributed by atoms with van der Waals surface area (Å²) in [5.41, 5.74) is 8.92. The molecule has 2 N–H and O–H groups in total. The van der Waals surface area contributed by atoms with Crippen molar-refractivity contribution < 1.29 is 4.74 Å². The molecule has 0 bridgehead atoms. The Morgan fingerprint density at radius 3 is 2.88 bits per heavy atom. The smallest absolute Gasteiger partial charge is 0.0751 e. The first-order valence-corrected chi connectivity index (χ1v) is 6.37. The Bertz CT molecular complexity index is 378. The van der Waals surface area contributed by atoms with Gasteiger partial charge in [0.1, 0.15) is 0 Å². The Kier molecular flexibility index (Phi) is 3.79. The summed E-state index contributed by atoms with van der Waals surface area (Å²) in [6, 6.07) is 4.20. The van der Waals surface area contributed by atoms with Crippen LogP contribution in [0.4, 0.5) is 0 Å². The van der Waals surface area contributed by atoms with Crippen LogP contribution >= 0.6 is 0 Å². The lowest BCUT2D eigenvalue weighted by atomic mass is 9.88. The molecule has 0 radical (unpaired) electrons. The van der Waals surface area contributed by atoms with Gasteiger partial charge in [-0.15, -0.1) is 0 Å². The van der Waals surface area contributed by atoms with Gasteiger partial charge in [0.25, 0.3) is 0 Å². The first-order chi connectivity index (χ1) is 8.15. The van der Waals surface area contributed by atoms with Crippen LogP contribution in [0.3, 0.4) is 0 Å². The molecular formula is C14H22N2O. The molecule has 0 fully saturated rings. The van der Waals surface area contributed by atoms with Crippen molar-refractivity contribution in [3.05, 3.63) is 29.6 Å². The van der Waals surface area contributed by atoms with Gasteiger partial charge < -0.3 is 10.5 Å². The van der Waals surface area contributed by atoms with E-state index in [1.807, 2.05) is 12.3 Å². The molecule has 0 amide bonds. The third kappa shape index (κ3) is 2.35. The van der Waals surface area contributed by atoms with Crippen molar-refractivity contribution in [2.45, 2.75) is 44.8 Å². The van der Waals surface area contributed by atoms with Gasteiger partial charge in [-0.05, 0) is 30.4 Å². The third-order valence-corrected chi connectivity index (χ3v) is 3.78. The second-order valence-corrected chi connectivity index (χ2v) is 5.21. The van der Waals surface area contributed by atoms with Crippen LogP contribution in [0.5, 0.6) is 0 Å². The molecule has 1 aliphatic carbocycles. The van der Waals surface area contributed by atoms with E-state index < -0.39 is 0 Å². The average molecular weight is 234 g/mol. The van der Waals surface area contributed by atoms with Gasteiger partial charge >= 0.3 is 0 Å². The number of hydrogen-bond donors (Lipinski definition) is 1. The zero-order valence-electron chi connectivity index (χ0n) is 10.9. The minimum Gasteiger partial charge on any atom is -0.380 e. The summed E-state index contributed by atoms with van der Waals surface area (Å²) in [6.45, 7) is 4.31. The molecule has 1 aromatic rings. The number of hydrogen-bond acceptors (Lipinski definition) is 3. The molecule has 1 heterocycles.